The maximum absolute atomic E-state index is 9.95. The highest BCUT2D eigenvalue weighted by molar-refractivity contribution is 6.42. The lowest BCUT2D eigenvalue weighted by Crippen LogP contribution is -1.97. The Morgan fingerprint density at radius 2 is 2.11 bits per heavy atom. The molecule has 1 N–H and O–H groups in total. The summed E-state index contributed by atoms with van der Waals surface area (Å²) in [4.78, 5) is 19.8. The summed E-state index contributed by atoms with van der Waals surface area (Å²) in [5.41, 5.74) is 0.0316. The summed E-state index contributed by atoms with van der Waals surface area (Å²) >= 11 is 5.12. The van der Waals surface area contributed by atoms with Gasteiger partial charge in [-0.2, -0.15) is 0 Å². The van der Waals surface area contributed by atoms with E-state index in [0.29, 0.717) is 6.29 Å². The van der Waals surface area contributed by atoms with E-state index in [1.165, 1.54) is 6.92 Å². The van der Waals surface area contributed by atoms with E-state index in [1.807, 2.05) is 0 Å². The predicted molar refractivity (Wildman–Crippen MR) is 32.3 cm³/mol. The second kappa shape index (κ2) is 3.25. The molecule has 0 rings (SSSR count). The van der Waals surface area contributed by atoms with Crippen LogP contribution in [0.1, 0.15) is 6.92 Å². The van der Waals surface area contributed by atoms with Crippen LogP contribution in [0, 0.1) is 0 Å². The standard InChI is InChI=1S/C5H5ClO3/c1-3(2-7)4(6)5(8)9/h2H,1H3,(H,8,9)/b4-3+. The van der Waals surface area contributed by atoms with Crippen LogP contribution in [-0.4, -0.2) is 17.4 Å². The van der Waals surface area contributed by atoms with E-state index in [2.05, 4.69) is 0 Å². The van der Waals surface area contributed by atoms with Gasteiger partial charge in [-0.05, 0) is 6.92 Å². The number of carbonyl (C=O) groups is 2. The smallest absolute Gasteiger partial charge is 0.347 e. The predicted octanol–water partition coefficient (Wildman–Crippen LogP) is 0.783. The second-order valence-electron chi connectivity index (χ2n) is 1.42. The lowest BCUT2D eigenvalue weighted by atomic mass is 10.3. The lowest BCUT2D eigenvalue weighted by molar-refractivity contribution is -0.132. The Kier molecular flexibility index (Phi) is 2.95. The molecule has 0 radical (unpaired) electrons. The summed E-state index contributed by atoms with van der Waals surface area (Å²) in [6, 6.07) is 0. The first kappa shape index (κ1) is 8.17. The largest absolute Gasteiger partial charge is 0.477 e. The topological polar surface area (TPSA) is 54.4 Å². The molecule has 0 bridgehead atoms. The SMILES string of the molecule is C/C(C=O)=C(\Cl)C(=O)O. The van der Waals surface area contributed by atoms with E-state index < -0.39 is 11.0 Å². The molecule has 3 nitrogen and oxygen atoms in total. The van der Waals surface area contributed by atoms with E-state index in [0.717, 1.165) is 0 Å². The number of halogens is 1. The quantitative estimate of drug-likeness (QED) is 0.465. The van der Waals surface area contributed by atoms with Crippen LogP contribution in [0.15, 0.2) is 10.6 Å². The van der Waals surface area contributed by atoms with E-state index in [1.54, 1.807) is 0 Å². The highest BCUT2D eigenvalue weighted by Gasteiger charge is 2.05. The molecule has 0 amide bonds. The lowest BCUT2D eigenvalue weighted by Gasteiger charge is -1.88. The van der Waals surface area contributed by atoms with Crippen molar-refractivity contribution >= 4 is 23.9 Å². The molecule has 4 heteroatoms. The van der Waals surface area contributed by atoms with Crippen molar-refractivity contribution in [3.05, 3.63) is 10.6 Å². The van der Waals surface area contributed by atoms with E-state index in [4.69, 9.17) is 16.7 Å². The number of allylic oxidation sites excluding steroid dienone is 1. The summed E-state index contributed by atoms with van der Waals surface area (Å²) in [7, 11) is 0. The summed E-state index contributed by atoms with van der Waals surface area (Å²) in [6.45, 7) is 1.34. The van der Waals surface area contributed by atoms with Crippen molar-refractivity contribution in [2.45, 2.75) is 6.92 Å². The summed E-state index contributed by atoms with van der Waals surface area (Å²) < 4.78 is 0. The van der Waals surface area contributed by atoms with Gasteiger partial charge in [-0.25, -0.2) is 4.79 Å². The van der Waals surface area contributed by atoms with Crippen molar-refractivity contribution in [1.29, 1.82) is 0 Å². The third-order valence-electron chi connectivity index (χ3n) is 0.711. The number of carbonyl (C=O) groups excluding carboxylic acids is 1. The van der Waals surface area contributed by atoms with Crippen LogP contribution in [0.3, 0.4) is 0 Å². The average Bonchev–Trinajstić information content (AvgIpc) is 1.84. The summed E-state index contributed by atoms with van der Waals surface area (Å²) in [5, 5.41) is 7.71. The van der Waals surface area contributed by atoms with Gasteiger partial charge in [0.05, 0.1) is 0 Å². The van der Waals surface area contributed by atoms with Crippen LogP contribution in [0.25, 0.3) is 0 Å². The fourth-order valence-corrected chi connectivity index (χ4v) is 0.265. The Morgan fingerprint density at radius 1 is 1.67 bits per heavy atom. The number of aliphatic carboxylic acids is 1. The number of rotatable bonds is 2. The van der Waals surface area contributed by atoms with Gasteiger partial charge in [-0.3, -0.25) is 4.79 Å². The molecule has 50 valence electrons. The van der Waals surface area contributed by atoms with Crippen molar-refractivity contribution in [1.82, 2.24) is 0 Å². The molecule has 0 aliphatic carbocycles. The van der Waals surface area contributed by atoms with Crippen LogP contribution in [0.5, 0.6) is 0 Å². The highest BCUT2D eigenvalue weighted by Crippen LogP contribution is 2.05. The summed E-state index contributed by atoms with van der Waals surface area (Å²) in [5.74, 6) is -1.28. The van der Waals surface area contributed by atoms with Crippen LogP contribution in [0.4, 0.5) is 0 Å². The normalized spacial score (nSPS) is 12.2. The Bertz CT molecular complexity index is 171. The number of carboxylic acid groups (broad SMARTS) is 1. The summed E-state index contributed by atoms with van der Waals surface area (Å²) in [6.07, 6.45) is 0.399. The average molecular weight is 149 g/mol. The number of hydrogen-bond acceptors (Lipinski definition) is 2. The van der Waals surface area contributed by atoms with Gasteiger partial charge in [0.15, 0.2) is 0 Å². The van der Waals surface area contributed by atoms with Crippen LogP contribution in [-0.2, 0) is 9.59 Å². The zero-order valence-corrected chi connectivity index (χ0v) is 5.47. The number of carboxylic acids is 1. The minimum atomic E-state index is -1.28. The third kappa shape index (κ3) is 2.28. The van der Waals surface area contributed by atoms with Crippen LogP contribution < -0.4 is 0 Å². The molecule has 0 aromatic carbocycles. The van der Waals surface area contributed by atoms with Crippen LogP contribution in [0.2, 0.25) is 0 Å². The Hall–Kier alpha value is -0.830. The molecule has 0 fully saturated rings. The highest BCUT2D eigenvalue weighted by atomic mass is 35.5. The molecule has 0 unspecified atom stereocenters. The second-order valence-corrected chi connectivity index (χ2v) is 1.80. The fraction of sp³-hybridized carbons (Fsp3) is 0.200. The first-order valence-electron chi connectivity index (χ1n) is 2.14. The maximum atomic E-state index is 9.95. The first-order valence-corrected chi connectivity index (χ1v) is 2.52. The van der Waals surface area contributed by atoms with Crippen LogP contribution >= 0.6 is 11.6 Å². The molecule has 0 saturated heterocycles. The van der Waals surface area contributed by atoms with Crippen molar-refractivity contribution in [3.63, 3.8) is 0 Å². The van der Waals surface area contributed by atoms with Crippen molar-refractivity contribution in [3.8, 4) is 0 Å². The van der Waals surface area contributed by atoms with Gasteiger partial charge >= 0.3 is 5.97 Å². The van der Waals surface area contributed by atoms with Crippen molar-refractivity contribution < 1.29 is 14.7 Å². The number of hydrogen-bond donors (Lipinski definition) is 1. The van der Waals surface area contributed by atoms with E-state index in [9.17, 15) is 9.59 Å². The molecule has 0 heterocycles. The maximum Gasteiger partial charge on any atom is 0.347 e. The molecule has 0 aliphatic rings. The van der Waals surface area contributed by atoms with Crippen molar-refractivity contribution in [2.24, 2.45) is 0 Å². The molecule has 0 aromatic heterocycles. The monoisotopic (exact) mass is 148 g/mol. The fourth-order valence-electron chi connectivity index (χ4n) is 0.220. The van der Waals surface area contributed by atoms with Gasteiger partial charge < -0.3 is 5.11 Å². The third-order valence-corrected chi connectivity index (χ3v) is 1.17. The molecule has 0 aliphatic heterocycles. The van der Waals surface area contributed by atoms with Gasteiger partial charge in [0, 0.05) is 5.57 Å². The first-order chi connectivity index (χ1) is 4.09. The molecular weight excluding hydrogens is 144 g/mol. The zero-order valence-electron chi connectivity index (χ0n) is 4.72. The number of aldehydes is 1. The molecule has 0 atom stereocenters. The molecule has 9 heavy (non-hydrogen) atoms. The van der Waals surface area contributed by atoms with E-state index in [-0.39, 0.29) is 5.57 Å². The molecule has 0 spiro atoms. The molecular formula is C5H5ClO3. The Labute approximate surface area is 56.9 Å². The van der Waals surface area contributed by atoms with E-state index >= 15 is 0 Å². The minimum Gasteiger partial charge on any atom is -0.477 e. The molecule has 0 saturated carbocycles. The minimum absolute atomic E-state index is 0.0316. The van der Waals surface area contributed by atoms with Gasteiger partial charge in [0.25, 0.3) is 0 Å². The zero-order chi connectivity index (χ0) is 7.44. The Balaban J connectivity index is 4.47. The van der Waals surface area contributed by atoms with Gasteiger partial charge in [-0.15, -0.1) is 0 Å². The Morgan fingerprint density at radius 3 is 2.22 bits per heavy atom. The van der Waals surface area contributed by atoms with Gasteiger partial charge in [0.2, 0.25) is 0 Å². The van der Waals surface area contributed by atoms with Crippen molar-refractivity contribution in [2.75, 3.05) is 0 Å². The van der Waals surface area contributed by atoms with Gasteiger partial charge in [-0.1, -0.05) is 11.6 Å². The van der Waals surface area contributed by atoms with Gasteiger partial charge in [0.1, 0.15) is 11.3 Å². The molecule has 0 aromatic rings.